The summed E-state index contributed by atoms with van der Waals surface area (Å²) in [7, 11) is 0. The minimum absolute atomic E-state index is 0.782. The van der Waals surface area contributed by atoms with Crippen LogP contribution in [-0.4, -0.2) is 18.1 Å². The predicted molar refractivity (Wildman–Crippen MR) is 85.5 cm³/mol. The van der Waals surface area contributed by atoms with Crippen molar-refractivity contribution in [1.29, 1.82) is 0 Å². The van der Waals surface area contributed by atoms with Gasteiger partial charge in [0.05, 0.1) is 16.2 Å². The van der Waals surface area contributed by atoms with Crippen LogP contribution in [0.5, 0.6) is 0 Å². The van der Waals surface area contributed by atoms with Gasteiger partial charge in [-0.1, -0.05) is 18.5 Å². The number of thiazole rings is 1. The van der Waals surface area contributed by atoms with Gasteiger partial charge in [-0.3, -0.25) is 0 Å². The minimum atomic E-state index is 0.782. The van der Waals surface area contributed by atoms with E-state index in [1.165, 1.54) is 10.6 Å². The molecule has 0 spiro atoms. The molecule has 4 heteroatoms. The lowest BCUT2D eigenvalue weighted by molar-refractivity contribution is 0.866. The van der Waals surface area contributed by atoms with Crippen LogP contribution >= 0.6 is 22.9 Å². The van der Waals surface area contributed by atoms with Crippen LogP contribution in [0.4, 0.5) is 5.69 Å². The van der Waals surface area contributed by atoms with Crippen LogP contribution < -0.4 is 4.90 Å². The highest BCUT2D eigenvalue weighted by atomic mass is 35.5. The third-order valence-electron chi connectivity index (χ3n) is 3.30. The highest BCUT2D eigenvalue weighted by molar-refractivity contribution is 7.10. The van der Waals surface area contributed by atoms with E-state index in [0.29, 0.717) is 0 Å². The highest BCUT2D eigenvalue weighted by Gasteiger charge is 2.12. The van der Waals surface area contributed by atoms with E-state index in [9.17, 15) is 0 Å². The first-order valence-electron chi connectivity index (χ1n) is 6.68. The molecule has 0 bridgehead atoms. The molecule has 0 radical (unpaired) electrons. The molecule has 19 heavy (non-hydrogen) atoms. The Bertz CT molecular complexity index is 547. The van der Waals surface area contributed by atoms with Gasteiger partial charge in [-0.05, 0) is 38.5 Å². The first-order valence-corrected chi connectivity index (χ1v) is 7.94. The first-order chi connectivity index (χ1) is 9.21. The summed E-state index contributed by atoms with van der Waals surface area (Å²) in [5.74, 6) is 0. The van der Waals surface area contributed by atoms with Crippen LogP contribution in [-0.2, 0) is 6.42 Å². The zero-order chi connectivity index (χ0) is 13.8. The Morgan fingerprint density at radius 2 is 1.95 bits per heavy atom. The van der Waals surface area contributed by atoms with Crippen LogP contribution in [0.25, 0.3) is 11.3 Å². The van der Waals surface area contributed by atoms with Crippen LogP contribution in [0.2, 0.25) is 5.02 Å². The van der Waals surface area contributed by atoms with Crippen molar-refractivity contribution in [1.82, 2.24) is 4.98 Å². The summed E-state index contributed by atoms with van der Waals surface area (Å²) >= 11 is 8.14. The van der Waals surface area contributed by atoms with Gasteiger partial charge in [0.15, 0.2) is 0 Å². The lowest BCUT2D eigenvalue weighted by Gasteiger charge is -2.21. The van der Waals surface area contributed by atoms with Crippen LogP contribution in [0.3, 0.4) is 0 Å². The summed E-state index contributed by atoms with van der Waals surface area (Å²) in [5, 5.41) is 0.782. The van der Waals surface area contributed by atoms with E-state index in [4.69, 9.17) is 11.6 Å². The third kappa shape index (κ3) is 2.93. The second kappa shape index (κ2) is 6.40. The number of anilines is 1. The smallest absolute Gasteiger partial charge is 0.0858 e. The lowest BCUT2D eigenvalue weighted by atomic mass is 10.1. The average molecular weight is 295 g/mol. The van der Waals surface area contributed by atoms with Crippen molar-refractivity contribution in [2.45, 2.75) is 27.2 Å². The Labute approximate surface area is 124 Å². The van der Waals surface area contributed by atoms with Crippen molar-refractivity contribution >= 4 is 28.6 Å². The van der Waals surface area contributed by atoms with E-state index in [-0.39, 0.29) is 0 Å². The van der Waals surface area contributed by atoms with E-state index in [1.54, 1.807) is 11.3 Å². The van der Waals surface area contributed by atoms with Crippen molar-refractivity contribution in [3.05, 3.63) is 33.6 Å². The Morgan fingerprint density at radius 1 is 1.21 bits per heavy atom. The van der Waals surface area contributed by atoms with E-state index >= 15 is 0 Å². The van der Waals surface area contributed by atoms with Crippen molar-refractivity contribution in [3.63, 3.8) is 0 Å². The summed E-state index contributed by atoms with van der Waals surface area (Å²) < 4.78 is 0. The van der Waals surface area contributed by atoms with Gasteiger partial charge in [-0.15, -0.1) is 11.3 Å². The summed E-state index contributed by atoms with van der Waals surface area (Å²) in [6.07, 6.45) is 0.994. The molecule has 2 nitrogen and oxygen atoms in total. The highest BCUT2D eigenvalue weighted by Crippen LogP contribution is 2.34. The molecule has 0 unspecified atom stereocenters. The molecule has 0 fully saturated rings. The molecular formula is C15H19ClN2S. The van der Waals surface area contributed by atoms with Gasteiger partial charge < -0.3 is 4.90 Å². The fourth-order valence-electron chi connectivity index (χ4n) is 2.22. The molecule has 0 N–H and O–H groups in total. The van der Waals surface area contributed by atoms with Crippen molar-refractivity contribution in [2.75, 3.05) is 18.0 Å². The van der Waals surface area contributed by atoms with Gasteiger partial charge in [0, 0.05) is 29.2 Å². The van der Waals surface area contributed by atoms with Gasteiger partial charge in [-0.2, -0.15) is 0 Å². The molecular weight excluding hydrogens is 276 g/mol. The fraction of sp³-hybridized carbons (Fsp3) is 0.400. The second-order valence-corrected chi connectivity index (χ2v) is 5.66. The molecule has 0 saturated carbocycles. The molecule has 1 aromatic heterocycles. The minimum Gasteiger partial charge on any atom is -0.372 e. The Hall–Kier alpha value is -1.06. The molecule has 2 aromatic rings. The molecule has 0 saturated heterocycles. The average Bonchev–Trinajstić information content (AvgIpc) is 2.88. The summed E-state index contributed by atoms with van der Waals surface area (Å²) in [5.41, 5.74) is 5.13. The molecule has 0 atom stereocenters. The maximum absolute atomic E-state index is 6.45. The summed E-state index contributed by atoms with van der Waals surface area (Å²) in [6, 6.07) is 6.26. The van der Waals surface area contributed by atoms with E-state index in [2.05, 4.69) is 42.8 Å². The van der Waals surface area contributed by atoms with E-state index < -0.39 is 0 Å². The van der Waals surface area contributed by atoms with E-state index in [0.717, 1.165) is 35.8 Å². The number of nitrogens with zero attached hydrogens (tertiary/aromatic N) is 2. The number of aromatic nitrogens is 1. The second-order valence-electron chi connectivity index (χ2n) is 4.31. The first kappa shape index (κ1) is 14.4. The van der Waals surface area contributed by atoms with Crippen LogP contribution in [0.15, 0.2) is 23.7 Å². The number of rotatable bonds is 5. The molecule has 1 heterocycles. The Balaban J connectivity index is 2.39. The lowest BCUT2D eigenvalue weighted by Crippen LogP contribution is -2.21. The largest absolute Gasteiger partial charge is 0.372 e. The number of benzene rings is 1. The summed E-state index contributed by atoms with van der Waals surface area (Å²) in [4.78, 5) is 8.03. The predicted octanol–water partition coefficient (Wildman–Crippen LogP) is 4.87. The standard InChI is InChI=1S/C15H19ClN2S/c1-4-14-15(17-10-19-14)12-8-7-11(9-13(12)16)18(5-2)6-3/h7-10H,4-6H2,1-3H3. The number of hydrogen-bond donors (Lipinski definition) is 0. The summed E-state index contributed by atoms with van der Waals surface area (Å²) in [6.45, 7) is 8.43. The molecule has 0 aliphatic carbocycles. The molecule has 0 aliphatic heterocycles. The van der Waals surface area contributed by atoms with Gasteiger partial charge in [-0.25, -0.2) is 4.98 Å². The maximum Gasteiger partial charge on any atom is 0.0858 e. The van der Waals surface area contributed by atoms with Gasteiger partial charge >= 0.3 is 0 Å². The molecule has 102 valence electrons. The van der Waals surface area contributed by atoms with E-state index in [1.807, 2.05) is 11.6 Å². The monoisotopic (exact) mass is 294 g/mol. The molecule has 0 amide bonds. The molecule has 2 rings (SSSR count). The van der Waals surface area contributed by atoms with Crippen LogP contribution in [0, 0.1) is 0 Å². The quantitative estimate of drug-likeness (QED) is 0.782. The van der Waals surface area contributed by atoms with Crippen molar-refractivity contribution in [3.8, 4) is 11.3 Å². The Morgan fingerprint density at radius 3 is 2.53 bits per heavy atom. The zero-order valence-corrected chi connectivity index (χ0v) is 13.2. The van der Waals surface area contributed by atoms with Crippen molar-refractivity contribution in [2.24, 2.45) is 0 Å². The van der Waals surface area contributed by atoms with Crippen molar-refractivity contribution < 1.29 is 0 Å². The number of aryl methyl sites for hydroxylation is 1. The number of hydrogen-bond acceptors (Lipinski definition) is 3. The SMILES string of the molecule is CCc1scnc1-c1ccc(N(CC)CC)cc1Cl. The molecule has 0 aliphatic rings. The Kier molecular flexibility index (Phi) is 4.83. The zero-order valence-electron chi connectivity index (χ0n) is 11.6. The van der Waals surface area contributed by atoms with Gasteiger partial charge in [0.2, 0.25) is 0 Å². The topological polar surface area (TPSA) is 16.1 Å². The maximum atomic E-state index is 6.45. The van der Waals surface area contributed by atoms with Gasteiger partial charge in [0.1, 0.15) is 0 Å². The fourth-order valence-corrected chi connectivity index (χ4v) is 3.21. The number of halogens is 1. The molecule has 1 aromatic carbocycles. The van der Waals surface area contributed by atoms with Gasteiger partial charge in [0.25, 0.3) is 0 Å². The third-order valence-corrected chi connectivity index (χ3v) is 4.59. The normalized spacial score (nSPS) is 10.7. The van der Waals surface area contributed by atoms with Crippen LogP contribution in [0.1, 0.15) is 25.6 Å².